The minimum absolute atomic E-state index is 0.331. The summed E-state index contributed by atoms with van der Waals surface area (Å²) in [4.78, 5) is 15.8. The van der Waals surface area contributed by atoms with Crippen LogP contribution in [0.4, 0.5) is 5.69 Å². The molecular formula is C23H21ClN2O2S. The Morgan fingerprint density at radius 1 is 1.10 bits per heavy atom. The number of rotatable bonds is 4. The smallest absolute Gasteiger partial charge is 0.338 e. The first-order chi connectivity index (χ1) is 14.1. The third-order valence-corrected chi connectivity index (χ3v) is 6.84. The maximum absolute atomic E-state index is 11.9. The molecule has 2 aromatic heterocycles. The lowest BCUT2D eigenvalue weighted by molar-refractivity contribution is 0.213. The van der Waals surface area contributed by atoms with Crippen LogP contribution in [0.25, 0.3) is 21.1 Å². The summed E-state index contributed by atoms with van der Waals surface area (Å²) in [5.74, 6) is 0. The highest BCUT2D eigenvalue weighted by Gasteiger charge is 2.21. The molecule has 0 atom stereocenters. The Bertz CT molecular complexity index is 1190. The van der Waals surface area contributed by atoms with Crippen LogP contribution in [0.2, 0.25) is 5.02 Å². The van der Waals surface area contributed by atoms with Crippen LogP contribution in [0.15, 0.2) is 63.8 Å². The van der Waals surface area contributed by atoms with Crippen LogP contribution in [-0.2, 0) is 6.54 Å². The van der Waals surface area contributed by atoms with Gasteiger partial charge in [-0.05, 0) is 48.6 Å². The van der Waals surface area contributed by atoms with E-state index >= 15 is 0 Å². The average Bonchev–Trinajstić information content (AvgIpc) is 3.12. The number of hydrogen-bond donors (Lipinski definition) is 1. The van der Waals surface area contributed by atoms with E-state index in [2.05, 4.69) is 40.5 Å². The van der Waals surface area contributed by atoms with Crippen LogP contribution in [0, 0.1) is 0 Å². The molecule has 1 N–H and O–H groups in total. The molecule has 6 heteroatoms. The van der Waals surface area contributed by atoms with Gasteiger partial charge in [-0.25, -0.2) is 4.79 Å². The van der Waals surface area contributed by atoms with Crippen molar-refractivity contribution in [3.05, 3.63) is 74.9 Å². The topological polar surface area (TPSA) is 45.5 Å². The third kappa shape index (κ3) is 4.04. The molecule has 0 amide bonds. The van der Waals surface area contributed by atoms with Crippen LogP contribution in [0.5, 0.6) is 0 Å². The van der Waals surface area contributed by atoms with Crippen LogP contribution in [-0.4, -0.2) is 24.0 Å². The van der Waals surface area contributed by atoms with Gasteiger partial charge < -0.3 is 9.73 Å². The van der Waals surface area contributed by atoms with E-state index in [-0.39, 0.29) is 5.63 Å². The second kappa shape index (κ2) is 7.82. The van der Waals surface area contributed by atoms with Gasteiger partial charge in [-0.3, -0.25) is 4.90 Å². The van der Waals surface area contributed by atoms with Crippen molar-refractivity contribution in [3.63, 3.8) is 0 Å². The summed E-state index contributed by atoms with van der Waals surface area (Å²) in [6.45, 7) is 3.07. The van der Waals surface area contributed by atoms with Crippen molar-refractivity contribution < 1.29 is 4.42 Å². The van der Waals surface area contributed by atoms with Crippen molar-refractivity contribution in [1.82, 2.24) is 4.90 Å². The maximum atomic E-state index is 11.9. The summed E-state index contributed by atoms with van der Waals surface area (Å²) >= 11 is 8.03. The van der Waals surface area contributed by atoms with Crippen molar-refractivity contribution in [1.29, 1.82) is 0 Å². The Morgan fingerprint density at radius 2 is 1.93 bits per heavy atom. The molecule has 0 spiro atoms. The van der Waals surface area contributed by atoms with Crippen molar-refractivity contribution in [2.45, 2.75) is 25.4 Å². The predicted octanol–water partition coefficient (Wildman–Crippen LogP) is 5.74. The van der Waals surface area contributed by atoms with Gasteiger partial charge in [-0.15, -0.1) is 11.3 Å². The molecular weight excluding hydrogens is 404 g/mol. The van der Waals surface area contributed by atoms with Crippen molar-refractivity contribution in [3.8, 4) is 0 Å². The number of halogens is 1. The van der Waals surface area contributed by atoms with Crippen LogP contribution >= 0.6 is 22.9 Å². The number of thiophene rings is 1. The zero-order valence-electron chi connectivity index (χ0n) is 15.9. The van der Waals surface area contributed by atoms with E-state index in [1.54, 1.807) is 12.1 Å². The fourth-order valence-electron chi connectivity index (χ4n) is 4.05. The first kappa shape index (κ1) is 18.7. The number of nitrogens with one attached hydrogen (secondary N) is 1. The molecule has 1 aliphatic rings. The summed E-state index contributed by atoms with van der Waals surface area (Å²) in [5.41, 5.74) is 1.03. The number of piperidine rings is 1. The highest BCUT2D eigenvalue weighted by atomic mass is 35.5. The normalized spacial score (nSPS) is 15.9. The van der Waals surface area contributed by atoms with Gasteiger partial charge in [-0.2, -0.15) is 0 Å². The Hall–Kier alpha value is -2.34. The maximum Gasteiger partial charge on any atom is 0.338 e. The Kier molecular flexibility index (Phi) is 5.04. The highest BCUT2D eigenvalue weighted by molar-refractivity contribution is 7.19. The molecule has 1 saturated heterocycles. The molecule has 5 rings (SSSR count). The van der Waals surface area contributed by atoms with Crippen molar-refractivity contribution >= 4 is 49.7 Å². The summed E-state index contributed by atoms with van der Waals surface area (Å²) in [6, 6.07) is 18.1. The van der Waals surface area contributed by atoms with E-state index in [4.69, 9.17) is 16.0 Å². The lowest BCUT2D eigenvalue weighted by Crippen LogP contribution is -2.38. The summed E-state index contributed by atoms with van der Waals surface area (Å²) in [5, 5.41) is 6.37. The van der Waals surface area contributed by atoms with E-state index in [0.29, 0.717) is 16.6 Å². The molecule has 2 aromatic carbocycles. The number of benzene rings is 2. The lowest BCUT2D eigenvalue weighted by Gasteiger charge is -2.32. The summed E-state index contributed by atoms with van der Waals surface area (Å²) < 4.78 is 6.65. The lowest BCUT2D eigenvalue weighted by atomic mass is 10.0. The number of hydrogen-bond acceptors (Lipinski definition) is 5. The second-order valence-electron chi connectivity index (χ2n) is 7.56. The van der Waals surface area contributed by atoms with E-state index in [1.165, 1.54) is 21.0 Å². The quantitative estimate of drug-likeness (QED) is 0.424. The molecule has 1 fully saturated rings. The number of anilines is 1. The number of nitrogens with zero attached hydrogens (tertiary/aromatic N) is 1. The SMILES string of the molecule is O=c1cc(NC2CCN(Cc3cc4ccccc4s3)CC2)c2cc(Cl)ccc2o1. The zero-order chi connectivity index (χ0) is 19.8. The Labute approximate surface area is 177 Å². The monoisotopic (exact) mass is 424 g/mol. The minimum atomic E-state index is -0.343. The fraction of sp³-hybridized carbons (Fsp3) is 0.261. The van der Waals surface area contributed by atoms with E-state index < -0.39 is 0 Å². The molecule has 0 radical (unpaired) electrons. The molecule has 0 bridgehead atoms. The van der Waals surface area contributed by atoms with Gasteiger partial charge in [0.15, 0.2) is 0 Å². The minimum Gasteiger partial charge on any atom is -0.423 e. The predicted molar refractivity (Wildman–Crippen MR) is 121 cm³/mol. The second-order valence-corrected chi connectivity index (χ2v) is 9.17. The summed E-state index contributed by atoms with van der Waals surface area (Å²) in [6.07, 6.45) is 2.07. The average molecular weight is 425 g/mol. The van der Waals surface area contributed by atoms with Crippen LogP contribution in [0.3, 0.4) is 0 Å². The number of fused-ring (bicyclic) bond motifs is 2. The zero-order valence-corrected chi connectivity index (χ0v) is 17.4. The van der Waals surface area contributed by atoms with Crippen LogP contribution < -0.4 is 10.9 Å². The first-order valence-corrected chi connectivity index (χ1v) is 11.0. The number of likely N-dealkylation sites (tertiary alicyclic amines) is 1. The van der Waals surface area contributed by atoms with Gasteiger partial charge in [0, 0.05) is 51.7 Å². The molecule has 4 aromatic rings. The Balaban J connectivity index is 1.26. The van der Waals surface area contributed by atoms with Gasteiger partial charge in [0.2, 0.25) is 0 Å². The third-order valence-electron chi connectivity index (χ3n) is 5.51. The molecule has 1 aliphatic heterocycles. The Morgan fingerprint density at radius 3 is 2.76 bits per heavy atom. The van der Waals surface area contributed by atoms with Crippen molar-refractivity contribution in [2.24, 2.45) is 0 Å². The molecule has 4 nitrogen and oxygen atoms in total. The molecule has 29 heavy (non-hydrogen) atoms. The van der Waals surface area contributed by atoms with Gasteiger partial charge >= 0.3 is 5.63 Å². The molecule has 0 aliphatic carbocycles. The van der Waals surface area contributed by atoms with E-state index in [0.717, 1.165) is 43.5 Å². The van der Waals surface area contributed by atoms with Gasteiger partial charge in [0.1, 0.15) is 5.58 Å². The highest BCUT2D eigenvalue weighted by Crippen LogP contribution is 2.29. The molecule has 0 unspecified atom stereocenters. The first-order valence-electron chi connectivity index (χ1n) is 9.84. The molecule has 3 heterocycles. The van der Waals surface area contributed by atoms with Gasteiger partial charge in [0.05, 0.1) is 5.69 Å². The molecule has 0 saturated carbocycles. The van der Waals surface area contributed by atoms with E-state index in [1.807, 2.05) is 17.4 Å². The fourth-order valence-corrected chi connectivity index (χ4v) is 5.32. The van der Waals surface area contributed by atoms with Gasteiger partial charge in [0.25, 0.3) is 0 Å². The summed E-state index contributed by atoms with van der Waals surface area (Å²) in [7, 11) is 0. The standard InChI is InChI=1S/C23H21ClN2O2S/c24-16-5-6-21-19(12-16)20(13-23(27)28-21)25-17-7-9-26(10-8-17)14-18-11-15-3-1-2-4-22(15)29-18/h1-6,11-13,17,25H,7-10,14H2. The van der Waals surface area contributed by atoms with Gasteiger partial charge in [-0.1, -0.05) is 29.8 Å². The van der Waals surface area contributed by atoms with Crippen molar-refractivity contribution in [2.75, 3.05) is 18.4 Å². The van der Waals surface area contributed by atoms with Crippen LogP contribution in [0.1, 0.15) is 17.7 Å². The largest absolute Gasteiger partial charge is 0.423 e. The van der Waals surface area contributed by atoms with E-state index in [9.17, 15) is 4.79 Å². The molecule has 148 valence electrons.